The van der Waals surface area contributed by atoms with Gasteiger partial charge in [-0.25, -0.2) is 0 Å². The van der Waals surface area contributed by atoms with Gasteiger partial charge in [0.1, 0.15) is 5.75 Å². The Bertz CT molecular complexity index is 479. The van der Waals surface area contributed by atoms with Crippen LogP contribution in [0.5, 0.6) is 5.75 Å². The number of benzene rings is 1. The van der Waals surface area contributed by atoms with Gasteiger partial charge in [-0.05, 0) is 25.5 Å². The number of carbonyl (C=O) groups excluding carboxylic acids is 2. The van der Waals surface area contributed by atoms with E-state index in [9.17, 15) is 9.59 Å². The van der Waals surface area contributed by atoms with Gasteiger partial charge in [-0.3, -0.25) is 14.5 Å². The average molecular weight is 245 g/mol. The van der Waals surface area contributed by atoms with Crippen LogP contribution < -0.4 is 4.74 Å². The minimum atomic E-state index is -0.225. The van der Waals surface area contributed by atoms with E-state index in [1.165, 1.54) is 11.0 Å². The molecular weight excluding hydrogens is 230 g/mol. The quantitative estimate of drug-likeness (QED) is 0.586. The van der Waals surface area contributed by atoms with Gasteiger partial charge < -0.3 is 4.74 Å². The van der Waals surface area contributed by atoms with Crippen LogP contribution in [0.25, 0.3) is 0 Å². The average Bonchev–Trinajstić information content (AvgIpc) is 2.61. The second-order valence-corrected chi connectivity index (χ2v) is 4.14. The molecule has 18 heavy (non-hydrogen) atoms. The Balaban J connectivity index is 1.74. The van der Waals surface area contributed by atoms with E-state index in [-0.39, 0.29) is 11.8 Å². The van der Waals surface area contributed by atoms with E-state index in [0.717, 1.165) is 5.75 Å². The van der Waals surface area contributed by atoms with E-state index in [0.29, 0.717) is 25.1 Å². The van der Waals surface area contributed by atoms with Crippen molar-refractivity contribution in [1.29, 1.82) is 0 Å². The van der Waals surface area contributed by atoms with E-state index >= 15 is 0 Å². The number of amides is 2. The number of imide groups is 1. The molecule has 0 atom stereocenters. The second-order valence-electron chi connectivity index (χ2n) is 4.14. The number of ether oxygens (including phenoxy) is 1. The molecule has 4 heteroatoms. The molecule has 1 aliphatic heterocycles. The zero-order valence-corrected chi connectivity index (χ0v) is 10.3. The summed E-state index contributed by atoms with van der Waals surface area (Å²) < 4.78 is 5.50. The molecule has 0 saturated carbocycles. The number of carbonyl (C=O) groups is 2. The molecule has 1 heterocycles. The third-order valence-electron chi connectivity index (χ3n) is 2.73. The van der Waals surface area contributed by atoms with Crippen LogP contribution in [0.1, 0.15) is 13.3 Å². The fourth-order valence-electron chi connectivity index (χ4n) is 1.78. The molecule has 0 aromatic heterocycles. The monoisotopic (exact) mass is 245 g/mol. The van der Waals surface area contributed by atoms with Crippen LogP contribution >= 0.6 is 0 Å². The Morgan fingerprint density at radius 3 is 2.50 bits per heavy atom. The normalized spacial score (nSPS) is 14.9. The second kappa shape index (κ2) is 5.49. The van der Waals surface area contributed by atoms with Crippen LogP contribution in [0.4, 0.5) is 0 Å². The molecule has 1 aromatic rings. The van der Waals surface area contributed by atoms with Gasteiger partial charge in [-0.2, -0.15) is 0 Å². The lowest BCUT2D eigenvalue weighted by molar-refractivity contribution is -0.137. The molecule has 0 spiro atoms. The standard InChI is InChI=1S/C14H15NO3/c1-11-10-13(16)15(14(11)17)8-5-9-18-12-6-3-2-4-7-12/h2-4,6-7,10H,5,8-9H2,1H3. The van der Waals surface area contributed by atoms with Crippen molar-refractivity contribution in [2.24, 2.45) is 0 Å². The topological polar surface area (TPSA) is 46.6 Å². The van der Waals surface area contributed by atoms with Gasteiger partial charge in [-0.15, -0.1) is 0 Å². The number of para-hydroxylation sites is 1. The highest BCUT2D eigenvalue weighted by Crippen LogP contribution is 2.13. The van der Waals surface area contributed by atoms with Crippen LogP contribution in [0.2, 0.25) is 0 Å². The molecule has 1 aromatic carbocycles. The van der Waals surface area contributed by atoms with Crippen molar-refractivity contribution < 1.29 is 14.3 Å². The summed E-state index contributed by atoms with van der Waals surface area (Å²) in [4.78, 5) is 24.3. The Labute approximate surface area is 106 Å². The number of rotatable bonds is 5. The highest BCUT2D eigenvalue weighted by Gasteiger charge is 2.27. The number of hydrogen-bond acceptors (Lipinski definition) is 3. The molecular formula is C14H15NO3. The zero-order chi connectivity index (χ0) is 13.0. The van der Waals surface area contributed by atoms with Gasteiger partial charge in [0.05, 0.1) is 6.61 Å². The van der Waals surface area contributed by atoms with E-state index in [1.807, 2.05) is 30.3 Å². The minimum Gasteiger partial charge on any atom is -0.494 e. The summed E-state index contributed by atoms with van der Waals surface area (Å²) in [6.07, 6.45) is 2.01. The first-order valence-electron chi connectivity index (χ1n) is 5.90. The van der Waals surface area contributed by atoms with Crippen LogP contribution in [-0.2, 0) is 9.59 Å². The lowest BCUT2D eigenvalue weighted by Crippen LogP contribution is -2.32. The van der Waals surface area contributed by atoms with E-state index < -0.39 is 0 Å². The van der Waals surface area contributed by atoms with Crippen molar-refractivity contribution in [2.45, 2.75) is 13.3 Å². The molecule has 1 aliphatic rings. The van der Waals surface area contributed by atoms with Gasteiger partial charge in [0.2, 0.25) is 0 Å². The molecule has 2 rings (SSSR count). The van der Waals surface area contributed by atoms with Crippen molar-refractivity contribution in [2.75, 3.05) is 13.2 Å². The summed E-state index contributed by atoms with van der Waals surface area (Å²) in [5.41, 5.74) is 0.504. The smallest absolute Gasteiger partial charge is 0.256 e. The van der Waals surface area contributed by atoms with Crippen molar-refractivity contribution in [3.63, 3.8) is 0 Å². The van der Waals surface area contributed by atoms with Gasteiger partial charge >= 0.3 is 0 Å². The third-order valence-corrected chi connectivity index (χ3v) is 2.73. The van der Waals surface area contributed by atoms with Gasteiger partial charge in [-0.1, -0.05) is 18.2 Å². The summed E-state index contributed by atoms with van der Waals surface area (Å²) in [5.74, 6) is 0.378. The molecule has 0 radical (unpaired) electrons. The Kier molecular flexibility index (Phi) is 3.77. The lowest BCUT2D eigenvalue weighted by atomic mass is 10.3. The van der Waals surface area contributed by atoms with Crippen molar-refractivity contribution in [3.8, 4) is 5.75 Å². The molecule has 2 amide bonds. The summed E-state index contributed by atoms with van der Waals surface area (Å²) >= 11 is 0. The third kappa shape index (κ3) is 2.77. The molecule has 0 bridgehead atoms. The molecule has 0 aliphatic carbocycles. The molecule has 0 unspecified atom stereocenters. The van der Waals surface area contributed by atoms with Crippen molar-refractivity contribution >= 4 is 11.8 Å². The van der Waals surface area contributed by atoms with E-state index in [4.69, 9.17) is 4.74 Å². The lowest BCUT2D eigenvalue weighted by Gasteiger charge is -2.14. The highest BCUT2D eigenvalue weighted by molar-refractivity contribution is 6.15. The van der Waals surface area contributed by atoms with Gasteiger partial charge in [0.25, 0.3) is 11.8 Å². The summed E-state index contributed by atoms with van der Waals surface area (Å²) in [5, 5.41) is 0. The molecule has 0 N–H and O–H groups in total. The number of nitrogens with zero attached hydrogens (tertiary/aromatic N) is 1. The Hall–Kier alpha value is -2.10. The fourth-order valence-corrected chi connectivity index (χ4v) is 1.78. The predicted molar refractivity (Wildman–Crippen MR) is 67.0 cm³/mol. The Morgan fingerprint density at radius 1 is 1.17 bits per heavy atom. The molecule has 94 valence electrons. The first-order valence-corrected chi connectivity index (χ1v) is 5.90. The van der Waals surface area contributed by atoms with Crippen molar-refractivity contribution in [3.05, 3.63) is 42.0 Å². The van der Waals surface area contributed by atoms with Crippen LogP contribution in [0.15, 0.2) is 42.0 Å². The van der Waals surface area contributed by atoms with Gasteiger partial charge in [0.15, 0.2) is 0 Å². The highest BCUT2D eigenvalue weighted by atomic mass is 16.5. The SMILES string of the molecule is CC1=CC(=O)N(CCCOc2ccccc2)C1=O. The molecule has 4 nitrogen and oxygen atoms in total. The largest absolute Gasteiger partial charge is 0.494 e. The summed E-state index contributed by atoms with van der Waals surface area (Å²) in [7, 11) is 0. The number of hydrogen-bond donors (Lipinski definition) is 0. The minimum absolute atomic E-state index is 0.195. The predicted octanol–water partition coefficient (Wildman–Crippen LogP) is 1.77. The van der Waals surface area contributed by atoms with Crippen LogP contribution in [0.3, 0.4) is 0 Å². The van der Waals surface area contributed by atoms with E-state index in [1.54, 1.807) is 6.92 Å². The van der Waals surface area contributed by atoms with Crippen molar-refractivity contribution in [1.82, 2.24) is 4.90 Å². The van der Waals surface area contributed by atoms with E-state index in [2.05, 4.69) is 0 Å². The first-order chi connectivity index (χ1) is 8.68. The summed E-state index contributed by atoms with van der Waals surface area (Å²) in [6.45, 7) is 2.54. The fraction of sp³-hybridized carbons (Fsp3) is 0.286. The maximum absolute atomic E-state index is 11.6. The molecule has 0 fully saturated rings. The first kappa shape index (κ1) is 12.4. The summed E-state index contributed by atoms with van der Waals surface area (Å²) in [6, 6.07) is 9.46. The zero-order valence-electron chi connectivity index (χ0n) is 10.3. The maximum Gasteiger partial charge on any atom is 0.256 e. The van der Waals surface area contributed by atoms with Crippen LogP contribution in [-0.4, -0.2) is 29.9 Å². The Morgan fingerprint density at radius 2 is 1.89 bits per heavy atom. The molecule has 0 saturated heterocycles. The maximum atomic E-state index is 11.6. The van der Waals surface area contributed by atoms with Gasteiger partial charge in [0, 0.05) is 18.2 Å². The van der Waals surface area contributed by atoms with Crippen LogP contribution in [0, 0.1) is 0 Å².